The number of carboxylic acid groups (broad SMARTS) is 2. The first-order chi connectivity index (χ1) is 6.88. The maximum absolute atomic E-state index is 10.7. The number of carbonyl (C=O) groups is 2. The highest BCUT2D eigenvalue weighted by atomic mass is 35.5. The van der Waals surface area contributed by atoms with Gasteiger partial charge < -0.3 is 15.3 Å². The molecule has 0 aliphatic carbocycles. The van der Waals surface area contributed by atoms with Crippen LogP contribution in [0, 0.1) is 5.92 Å². The number of aliphatic carboxylic acids is 2. The van der Waals surface area contributed by atoms with E-state index in [9.17, 15) is 9.59 Å². The van der Waals surface area contributed by atoms with E-state index in [1.807, 2.05) is 0 Å². The molecular formula is C9H13ClO5. The number of aliphatic hydroxyl groups is 1. The topological polar surface area (TPSA) is 94.8 Å². The van der Waals surface area contributed by atoms with E-state index in [0.717, 1.165) is 5.54 Å². The van der Waals surface area contributed by atoms with Gasteiger partial charge in [-0.3, -0.25) is 4.79 Å². The molecule has 0 aromatic rings. The van der Waals surface area contributed by atoms with Crippen molar-refractivity contribution in [1.82, 2.24) is 0 Å². The number of aliphatic hydroxyl groups excluding tert-OH is 1. The molecule has 86 valence electrons. The summed E-state index contributed by atoms with van der Waals surface area (Å²) in [5.41, 5.74) is 0.651. The van der Waals surface area contributed by atoms with Gasteiger partial charge in [0, 0.05) is 11.5 Å². The molecule has 0 aliphatic heterocycles. The van der Waals surface area contributed by atoms with Crippen molar-refractivity contribution in [3.05, 3.63) is 11.1 Å². The Morgan fingerprint density at radius 2 is 1.93 bits per heavy atom. The molecule has 0 aromatic carbocycles. The van der Waals surface area contributed by atoms with Crippen LogP contribution in [0.5, 0.6) is 0 Å². The molecule has 0 rings (SSSR count). The molecule has 15 heavy (non-hydrogen) atoms. The van der Waals surface area contributed by atoms with Gasteiger partial charge in [0.15, 0.2) is 0 Å². The van der Waals surface area contributed by atoms with Crippen LogP contribution in [0.1, 0.15) is 19.8 Å². The molecule has 0 bridgehead atoms. The second kappa shape index (κ2) is 6.42. The molecular weight excluding hydrogens is 224 g/mol. The number of rotatable bonds is 6. The minimum atomic E-state index is -1.27. The summed E-state index contributed by atoms with van der Waals surface area (Å²) in [4.78, 5) is 21.2. The zero-order valence-electron chi connectivity index (χ0n) is 8.18. The fourth-order valence-electron chi connectivity index (χ4n) is 1.25. The van der Waals surface area contributed by atoms with Crippen LogP contribution in [0.15, 0.2) is 11.1 Å². The average Bonchev–Trinajstić information content (AvgIpc) is 2.01. The van der Waals surface area contributed by atoms with E-state index in [1.165, 1.54) is 6.92 Å². The molecule has 3 N–H and O–H groups in total. The fourth-order valence-corrected chi connectivity index (χ4v) is 1.52. The first-order valence-electron chi connectivity index (χ1n) is 4.31. The van der Waals surface area contributed by atoms with Crippen LogP contribution in [0.2, 0.25) is 0 Å². The summed E-state index contributed by atoms with van der Waals surface area (Å²) in [6, 6.07) is 0. The molecule has 2 unspecified atom stereocenters. The summed E-state index contributed by atoms with van der Waals surface area (Å²) in [5, 5.41) is 26.4. The molecule has 0 saturated heterocycles. The smallest absolute Gasteiger partial charge is 0.332 e. The van der Waals surface area contributed by atoms with Gasteiger partial charge in [-0.2, -0.15) is 0 Å². The average molecular weight is 237 g/mol. The van der Waals surface area contributed by atoms with Crippen molar-refractivity contribution < 1.29 is 24.9 Å². The highest BCUT2D eigenvalue weighted by molar-refractivity contribution is 6.27. The monoisotopic (exact) mass is 236 g/mol. The Bertz CT molecular complexity index is 272. The lowest BCUT2D eigenvalue weighted by Crippen LogP contribution is -2.20. The second-order valence-electron chi connectivity index (χ2n) is 3.25. The van der Waals surface area contributed by atoms with Gasteiger partial charge in [0.25, 0.3) is 0 Å². The third-order valence-electron chi connectivity index (χ3n) is 1.85. The molecule has 0 spiro atoms. The van der Waals surface area contributed by atoms with E-state index < -0.39 is 24.0 Å². The Balaban J connectivity index is 4.74. The van der Waals surface area contributed by atoms with E-state index in [4.69, 9.17) is 26.9 Å². The van der Waals surface area contributed by atoms with Crippen molar-refractivity contribution in [1.29, 1.82) is 0 Å². The van der Waals surface area contributed by atoms with Gasteiger partial charge in [0.05, 0.1) is 18.1 Å². The second-order valence-corrected chi connectivity index (χ2v) is 3.47. The molecule has 2 atom stereocenters. The van der Waals surface area contributed by atoms with Crippen LogP contribution in [0.4, 0.5) is 0 Å². The minimum absolute atomic E-state index is 0.0527. The molecule has 0 heterocycles. The van der Waals surface area contributed by atoms with E-state index in [-0.39, 0.29) is 18.4 Å². The summed E-state index contributed by atoms with van der Waals surface area (Å²) in [5.74, 6) is -3.17. The quantitative estimate of drug-likeness (QED) is 0.600. The zero-order chi connectivity index (χ0) is 12.0. The number of hydrogen-bond acceptors (Lipinski definition) is 3. The van der Waals surface area contributed by atoms with Gasteiger partial charge in [0.2, 0.25) is 0 Å². The normalized spacial score (nSPS) is 15.8. The SMILES string of the molecule is CC(O)CC(CC(=O)O)C(=CCl)C(=O)O. The predicted octanol–water partition coefficient (Wildman–Crippen LogP) is 1.06. The van der Waals surface area contributed by atoms with Gasteiger partial charge in [-0.15, -0.1) is 0 Å². The van der Waals surface area contributed by atoms with Crippen LogP contribution in [-0.4, -0.2) is 33.4 Å². The molecule has 0 amide bonds. The van der Waals surface area contributed by atoms with Crippen molar-refractivity contribution in [3.8, 4) is 0 Å². The minimum Gasteiger partial charge on any atom is -0.481 e. The van der Waals surface area contributed by atoms with Crippen LogP contribution in [-0.2, 0) is 9.59 Å². The highest BCUT2D eigenvalue weighted by Gasteiger charge is 2.24. The Labute approximate surface area is 92.0 Å². The van der Waals surface area contributed by atoms with E-state index >= 15 is 0 Å². The van der Waals surface area contributed by atoms with Gasteiger partial charge >= 0.3 is 11.9 Å². The van der Waals surface area contributed by atoms with Crippen LogP contribution < -0.4 is 0 Å². The summed E-state index contributed by atoms with van der Waals surface area (Å²) in [6.07, 6.45) is -1.09. The predicted molar refractivity (Wildman–Crippen MR) is 53.6 cm³/mol. The maximum atomic E-state index is 10.7. The number of carboxylic acids is 2. The van der Waals surface area contributed by atoms with Gasteiger partial charge in [-0.1, -0.05) is 11.6 Å². The van der Waals surface area contributed by atoms with Crippen LogP contribution in [0.25, 0.3) is 0 Å². The molecule has 0 aromatic heterocycles. The fraction of sp³-hybridized carbons (Fsp3) is 0.556. The molecule has 0 radical (unpaired) electrons. The van der Waals surface area contributed by atoms with Gasteiger partial charge in [-0.05, 0) is 13.3 Å². The van der Waals surface area contributed by atoms with Gasteiger partial charge in [0.1, 0.15) is 0 Å². The lowest BCUT2D eigenvalue weighted by Gasteiger charge is -2.16. The standard InChI is InChI=1S/C9H13ClO5/c1-5(11)2-6(3-8(12)13)7(4-10)9(14)15/h4-6,11H,2-3H2,1H3,(H,12,13)(H,14,15). The molecule has 5 nitrogen and oxygen atoms in total. The zero-order valence-corrected chi connectivity index (χ0v) is 8.94. The largest absolute Gasteiger partial charge is 0.481 e. The Morgan fingerprint density at radius 1 is 1.40 bits per heavy atom. The van der Waals surface area contributed by atoms with Crippen LogP contribution in [0.3, 0.4) is 0 Å². The summed E-state index contributed by atoms with van der Waals surface area (Å²) >= 11 is 5.31. The Hall–Kier alpha value is -1.07. The summed E-state index contributed by atoms with van der Waals surface area (Å²) in [6.45, 7) is 1.46. The first kappa shape index (κ1) is 13.9. The maximum Gasteiger partial charge on any atom is 0.332 e. The van der Waals surface area contributed by atoms with E-state index in [2.05, 4.69) is 0 Å². The third-order valence-corrected chi connectivity index (χ3v) is 2.09. The van der Waals surface area contributed by atoms with Crippen molar-refractivity contribution >= 4 is 23.5 Å². The summed E-state index contributed by atoms with van der Waals surface area (Å²) in [7, 11) is 0. The molecule has 0 fully saturated rings. The molecule has 0 aliphatic rings. The number of hydrogen-bond donors (Lipinski definition) is 3. The number of halogens is 1. The first-order valence-corrected chi connectivity index (χ1v) is 4.75. The van der Waals surface area contributed by atoms with E-state index in [0.29, 0.717) is 0 Å². The van der Waals surface area contributed by atoms with Crippen molar-refractivity contribution in [2.45, 2.75) is 25.9 Å². The highest BCUT2D eigenvalue weighted by Crippen LogP contribution is 2.22. The molecule has 6 heteroatoms. The third kappa shape index (κ3) is 5.39. The van der Waals surface area contributed by atoms with Crippen LogP contribution >= 0.6 is 11.6 Å². The Morgan fingerprint density at radius 3 is 2.20 bits per heavy atom. The Kier molecular flexibility index (Phi) is 5.96. The van der Waals surface area contributed by atoms with Crippen molar-refractivity contribution in [2.75, 3.05) is 0 Å². The van der Waals surface area contributed by atoms with E-state index in [1.54, 1.807) is 0 Å². The lowest BCUT2D eigenvalue weighted by molar-refractivity contribution is -0.138. The summed E-state index contributed by atoms with van der Waals surface area (Å²) < 4.78 is 0. The van der Waals surface area contributed by atoms with Crippen molar-refractivity contribution in [3.63, 3.8) is 0 Å². The van der Waals surface area contributed by atoms with Crippen molar-refractivity contribution in [2.24, 2.45) is 5.92 Å². The molecule has 0 saturated carbocycles. The van der Waals surface area contributed by atoms with Gasteiger partial charge in [-0.25, -0.2) is 4.79 Å². The lowest BCUT2D eigenvalue weighted by atomic mass is 9.91.